The van der Waals surface area contributed by atoms with Gasteiger partial charge in [0, 0.05) is 18.6 Å². The Kier molecular flexibility index (Phi) is 1.28. The smallest absolute Gasteiger partial charge is 0.178 e. The molecule has 3 nitrogen and oxygen atoms in total. The van der Waals surface area contributed by atoms with Gasteiger partial charge in [-0.2, -0.15) is 0 Å². The number of rotatable bonds is 0. The van der Waals surface area contributed by atoms with Gasteiger partial charge in [0.1, 0.15) is 5.52 Å². The zero-order valence-corrected chi connectivity index (χ0v) is 6.15. The molecule has 2 aromatic heterocycles. The number of hydrogen-bond donors (Lipinski definition) is 0. The van der Waals surface area contributed by atoms with Crippen LogP contribution in [-0.4, -0.2) is 15.0 Å². The maximum Gasteiger partial charge on any atom is 0.178 e. The van der Waals surface area contributed by atoms with Gasteiger partial charge in [0.15, 0.2) is 5.65 Å². The lowest BCUT2D eigenvalue weighted by atomic mass is 10.3. The molecule has 0 aliphatic rings. The molecule has 0 fully saturated rings. The Morgan fingerprint density at radius 2 is 1.73 bits per heavy atom. The first-order chi connectivity index (χ1) is 5.38. The third kappa shape index (κ3) is 0.941. The maximum atomic E-state index is 4.16. The fourth-order valence-electron chi connectivity index (χ4n) is 1.00. The van der Waals surface area contributed by atoms with Crippen molar-refractivity contribution >= 4 is 11.2 Å². The number of fused-ring (bicyclic) bond motifs is 1. The van der Waals surface area contributed by atoms with Gasteiger partial charge < -0.3 is 0 Å². The molecule has 11 heavy (non-hydrogen) atoms. The first kappa shape index (κ1) is 6.22. The monoisotopic (exact) mass is 145 g/mol. The summed E-state index contributed by atoms with van der Waals surface area (Å²) in [6.45, 7) is 2.00. The lowest BCUT2D eigenvalue weighted by molar-refractivity contribution is 1.20. The first-order valence-corrected chi connectivity index (χ1v) is 3.40. The molecule has 0 N–H and O–H groups in total. The average Bonchev–Trinajstić information content (AvgIpc) is 2.06. The van der Waals surface area contributed by atoms with E-state index in [1.54, 1.807) is 18.6 Å². The summed E-state index contributed by atoms with van der Waals surface area (Å²) < 4.78 is 0. The minimum atomic E-state index is 0.715. The van der Waals surface area contributed by atoms with E-state index in [0.29, 0.717) is 5.65 Å². The Balaban J connectivity index is 2.91. The quantitative estimate of drug-likeness (QED) is 0.561. The highest BCUT2D eigenvalue weighted by Gasteiger charge is 1.96. The van der Waals surface area contributed by atoms with Crippen LogP contribution in [0.2, 0.25) is 0 Å². The van der Waals surface area contributed by atoms with E-state index in [1.165, 1.54) is 0 Å². The van der Waals surface area contributed by atoms with Gasteiger partial charge in [0.25, 0.3) is 0 Å². The number of hydrogen-bond acceptors (Lipinski definition) is 3. The molecular weight excluding hydrogens is 138 g/mol. The van der Waals surface area contributed by atoms with Gasteiger partial charge in [0.05, 0.1) is 0 Å². The molecule has 0 atom stereocenters. The van der Waals surface area contributed by atoms with Gasteiger partial charge in [-0.3, -0.25) is 4.98 Å². The molecule has 0 bridgehead atoms. The Morgan fingerprint density at radius 1 is 1.00 bits per heavy atom. The average molecular weight is 145 g/mol. The lowest BCUT2D eigenvalue weighted by Gasteiger charge is -1.95. The van der Waals surface area contributed by atoms with E-state index < -0.39 is 0 Å². The van der Waals surface area contributed by atoms with E-state index in [-0.39, 0.29) is 0 Å². The van der Waals surface area contributed by atoms with Crippen molar-refractivity contribution in [2.45, 2.75) is 6.92 Å². The molecule has 0 saturated heterocycles. The summed E-state index contributed by atoms with van der Waals surface area (Å²) in [7, 11) is 0. The molecule has 0 amide bonds. The third-order valence-electron chi connectivity index (χ3n) is 1.57. The summed E-state index contributed by atoms with van der Waals surface area (Å²) in [5.41, 5.74) is 2.71. The van der Waals surface area contributed by atoms with Crippen LogP contribution in [0.15, 0.2) is 24.7 Å². The van der Waals surface area contributed by atoms with E-state index in [4.69, 9.17) is 0 Å². The molecular formula is C8H7N3. The molecule has 0 radical (unpaired) electrons. The summed E-state index contributed by atoms with van der Waals surface area (Å²) >= 11 is 0. The van der Waals surface area contributed by atoms with Gasteiger partial charge in [-0.15, -0.1) is 0 Å². The molecule has 0 aromatic carbocycles. The highest BCUT2D eigenvalue weighted by atomic mass is 14.9. The van der Waals surface area contributed by atoms with E-state index in [0.717, 1.165) is 11.1 Å². The summed E-state index contributed by atoms with van der Waals surface area (Å²) in [5, 5.41) is 0. The van der Waals surface area contributed by atoms with Crippen LogP contribution < -0.4 is 0 Å². The molecule has 54 valence electrons. The topological polar surface area (TPSA) is 38.7 Å². The van der Waals surface area contributed by atoms with Crippen molar-refractivity contribution in [2.75, 3.05) is 0 Å². The van der Waals surface area contributed by atoms with Crippen molar-refractivity contribution in [2.24, 2.45) is 0 Å². The Hall–Kier alpha value is -1.51. The van der Waals surface area contributed by atoms with Crippen molar-refractivity contribution in [1.82, 2.24) is 15.0 Å². The molecule has 0 saturated carbocycles. The van der Waals surface area contributed by atoms with Crippen molar-refractivity contribution in [3.63, 3.8) is 0 Å². The lowest BCUT2D eigenvalue weighted by Crippen LogP contribution is -1.87. The normalized spacial score (nSPS) is 10.3. The van der Waals surface area contributed by atoms with Crippen molar-refractivity contribution in [3.8, 4) is 0 Å². The first-order valence-electron chi connectivity index (χ1n) is 3.40. The summed E-state index contributed by atoms with van der Waals surface area (Å²) in [6.07, 6.45) is 5.07. The van der Waals surface area contributed by atoms with E-state index in [1.807, 2.05) is 13.0 Å². The summed E-state index contributed by atoms with van der Waals surface area (Å²) in [6, 6.07) is 1.93. The fraction of sp³-hybridized carbons (Fsp3) is 0.125. The van der Waals surface area contributed by atoms with Crippen LogP contribution in [0.4, 0.5) is 0 Å². The van der Waals surface area contributed by atoms with Crippen molar-refractivity contribution < 1.29 is 0 Å². The fourth-order valence-corrected chi connectivity index (χ4v) is 1.00. The van der Waals surface area contributed by atoms with E-state index >= 15 is 0 Å². The van der Waals surface area contributed by atoms with Crippen molar-refractivity contribution in [3.05, 3.63) is 30.2 Å². The number of aromatic nitrogens is 3. The van der Waals surface area contributed by atoms with Crippen LogP contribution in [0.1, 0.15) is 5.56 Å². The largest absolute Gasteiger partial charge is 0.251 e. The van der Waals surface area contributed by atoms with Crippen LogP contribution in [0.3, 0.4) is 0 Å². The van der Waals surface area contributed by atoms with Crippen LogP contribution in [0.5, 0.6) is 0 Å². The molecule has 2 heterocycles. The minimum absolute atomic E-state index is 0.715. The van der Waals surface area contributed by atoms with Gasteiger partial charge in [-0.05, 0) is 18.6 Å². The summed E-state index contributed by atoms with van der Waals surface area (Å²) in [5.74, 6) is 0. The van der Waals surface area contributed by atoms with Crippen LogP contribution in [0.25, 0.3) is 11.2 Å². The summed E-state index contributed by atoms with van der Waals surface area (Å²) in [4.78, 5) is 12.3. The van der Waals surface area contributed by atoms with E-state index in [2.05, 4.69) is 15.0 Å². The Morgan fingerprint density at radius 3 is 2.55 bits per heavy atom. The molecule has 2 rings (SSSR count). The Labute approximate surface area is 64.1 Å². The van der Waals surface area contributed by atoms with E-state index in [9.17, 15) is 0 Å². The van der Waals surface area contributed by atoms with Gasteiger partial charge >= 0.3 is 0 Å². The van der Waals surface area contributed by atoms with Gasteiger partial charge in [-0.1, -0.05) is 0 Å². The highest BCUT2D eigenvalue weighted by molar-refractivity contribution is 5.72. The van der Waals surface area contributed by atoms with Crippen molar-refractivity contribution in [1.29, 1.82) is 0 Å². The maximum absolute atomic E-state index is 4.16. The molecule has 0 aliphatic heterocycles. The minimum Gasteiger partial charge on any atom is -0.251 e. The molecule has 0 aliphatic carbocycles. The number of pyridine rings is 1. The molecule has 2 aromatic rings. The standard InChI is InChI=1S/C8H7N3/c1-6-2-3-10-8-7(6)9-4-5-11-8/h2-5H,1H3. The number of aryl methyl sites for hydroxylation is 1. The third-order valence-corrected chi connectivity index (χ3v) is 1.57. The zero-order chi connectivity index (χ0) is 7.68. The SMILES string of the molecule is Cc1ccnc2nccnc12. The predicted octanol–water partition coefficient (Wildman–Crippen LogP) is 1.33. The second-order valence-electron chi connectivity index (χ2n) is 2.36. The zero-order valence-electron chi connectivity index (χ0n) is 6.15. The van der Waals surface area contributed by atoms with Gasteiger partial charge in [-0.25, -0.2) is 9.97 Å². The van der Waals surface area contributed by atoms with Crippen LogP contribution >= 0.6 is 0 Å². The van der Waals surface area contributed by atoms with Gasteiger partial charge in [0.2, 0.25) is 0 Å². The second-order valence-corrected chi connectivity index (χ2v) is 2.36. The number of nitrogens with zero attached hydrogens (tertiary/aromatic N) is 3. The van der Waals surface area contributed by atoms with Crippen LogP contribution in [-0.2, 0) is 0 Å². The predicted molar refractivity (Wildman–Crippen MR) is 42.1 cm³/mol. The molecule has 0 spiro atoms. The highest BCUT2D eigenvalue weighted by Crippen LogP contribution is 2.08. The molecule has 0 unspecified atom stereocenters. The molecule has 3 heteroatoms. The second kappa shape index (κ2) is 2.27. The van der Waals surface area contributed by atoms with Crippen LogP contribution in [0, 0.1) is 6.92 Å². The Bertz CT molecular complexity index is 378.